The Morgan fingerprint density at radius 3 is 2.81 bits per heavy atom. The van der Waals surface area contributed by atoms with Gasteiger partial charge < -0.3 is 14.6 Å². The summed E-state index contributed by atoms with van der Waals surface area (Å²) in [7, 11) is 0. The summed E-state index contributed by atoms with van der Waals surface area (Å²) in [5.41, 5.74) is 1.18. The van der Waals surface area contributed by atoms with Gasteiger partial charge in [-0.15, -0.1) is 0 Å². The molecule has 3 atom stereocenters. The normalized spacial score (nSPS) is 28.6. The van der Waals surface area contributed by atoms with E-state index in [0.717, 1.165) is 39.0 Å². The van der Waals surface area contributed by atoms with Crippen LogP contribution < -0.4 is 0 Å². The first-order chi connectivity index (χ1) is 10.4. The van der Waals surface area contributed by atoms with Gasteiger partial charge >= 0.3 is 0 Å². The van der Waals surface area contributed by atoms with Crippen LogP contribution in [0.3, 0.4) is 0 Å². The van der Waals surface area contributed by atoms with Crippen molar-refractivity contribution in [3.8, 4) is 0 Å². The molecule has 4 nitrogen and oxygen atoms in total. The first-order valence-corrected chi connectivity index (χ1v) is 8.04. The Kier molecular flexibility index (Phi) is 5.25. The Bertz CT molecular complexity index is 419. The van der Waals surface area contributed by atoms with Crippen molar-refractivity contribution < 1.29 is 14.6 Å². The summed E-state index contributed by atoms with van der Waals surface area (Å²) in [6, 6.07) is 10.3. The zero-order valence-electron chi connectivity index (χ0n) is 12.5. The fourth-order valence-corrected chi connectivity index (χ4v) is 3.29. The molecule has 4 heteroatoms. The Morgan fingerprint density at radius 2 is 2.10 bits per heavy atom. The molecule has 2 aliphatic rings. The monoisotopic (exact) mass is 291 g/mol. The van der Waals surface area contributed by atoms with Crippen LogP contribution in [0.2, 0.25) is 0 Å². The zero-order chi connectivity index (χ0) is 14.5. The second-order valence-corrected chi connectivity index (χ2v) is 5.95. The predicted molar refractivity (Wildman–Crippen MR) is 80.9 cm³/mol. The lowest BCUT2D eigenvalue weighted by Gasteiger charge is -2.28. The third-order valence-electron chi connectivity index (χ3n) is 4.46. The number of aliphatic hydroxyl groups excluding tert-OH is 1. The Morgan fingerprint density at radius 1 is 1.24 bits per heavy atom. The van der Waals surface area contributed by atoms with Crippen LogP contribution in [0.25, 0.3) is 0 Å². The molecule has 0 aromatic heterocycles. The van der Waals surface area contributed by atoms with Crippen LogP contribution in [0.4, 0.5) is 0 Å². The average molecular weight is 291 g/mol. The van der Waals surface area contributed by atoms with Crippen molar-refractivity contribution in [2.45, 2.75) is 44.1 Å². The highest BCUT2D eigenvalue weighted by atomic mass is 16.7. The van der Waals surface area contributed by atoms with Gasteiger partial charge in [-0.3, -0.25) is 4.90 Å². The molecule has 2 saturated heterocycles. The van der Waals surface area contributed by atoms with E-state index in [4.69, 9.17) is 9.47 Å². The molecule has 0 amide bonds. The van der Waals surface area contributed by atoms with Crippen molar-refractivity contribution in [1.82, 2.24) is 4.90 Å². The third kappa shape index (κ3) is 3.83. The van der Waals surface area contributed by atoms with E-state index in [2.05, 4.69) is 17.0 Å². The molecule has 2 fully saturated rings. The van der Waals surface area contributed by atoms with Crippen molar-refractivity contribution in [3.63, 3.8) is 0 Å². The van der Waals surface area contributed by atoms with E-state index in [1.165, 1.54) is 12.0 Å². The van der Waals surface area contributed by atoms with Crippen LogP contribution in [-0.4, -0.2) is 48.7 Å². The molecule has 1 unspecified atom stereocenters. The fourth-order valence-electron chi connectivity index (χ4n) is 3.29. The van der Waals surface area contributed by atoms with Crippen LogP contribution in [-0.2, 0) is 9.47 Å². The summed E-state index contributed by atoms with van der Waals surface area (Å²) in [6.45, 7) is 2.82. The van der Waals surface area contributed by atoms with Crippen molar-refractivity contribution in [3.05, 3.63) is 35.9 Å². The van der Waals surface area contributed by atoms with Crippen molar-refractivity contribution in [2.75, 3.05) is 26.3 Å². The fraction of sp³-hybridized carbons (Fsp3) is 0.647. The third-order valence-corrected chi connectivity index (χ3v) is 4.46. The predicted octanol–water partition coefficient (Wildman–Crippen LogP) is 2.34. The molecule has 0 saturated carbocycles. The van der Waals surface area contributed by atoms with Crippen molar-refractivity contribution in [2.24, 2.45) is 0 Å². The quantitative estimate of drug-likeness (QED) is 0.904. The van der Waals surface area contributed by atoms with Gasteiger partial charge in [0.15, 0.2) is 6.29 Å². The maximum Gasteiger partial charge on any atom is 0.158 e. The minimum Gasteiger partial charge on any atom is -0.394 e. The summed E-state index contributed by atoms with van der Waals surface area (Å²) >= 11 is 0. The first-order valence-electron chi connectivity index (χ1n) is 8.04. The summed E-state index contributed by atoms with van der Waals surface area (Å²) in [5, 5.41) is 9.74. The maximum atomic E-state index is 9.74. The largest absolute Gasteiger partial charge is 0.394 e. The molecule has 0 bridgehead atoms. The number of aliphatic hydroxyl groups is 1. The van der Waals surface area contributed by atoms with Gasteiger partial charge in [0.05, 0.1) is 18.8 Å². The van der Waals surface area contributed by atoms with Crippen LogP contribution >= 0.6 is 0 Å². The van der Waals surface area contributed by atoms with E-state index >= 15 is 0 Å². The first kappa shape index (κ1) is 15.0. The van der Waals surface area contributed by atoms with Crippen molar-refractivity contribution >= 4 is 0 Å². The Hall–Kier alpha value is -0.940. The summed E-state index contributed by atoms with van der Waals surface area (Å²) < 4.78 is 11.7. The minimum absolute atomic E-state index is 0.0204. The van der Waals surface area contributed by atoms with E-state index in [9.17, 15) is 5.11 Å². The van der Waals surface area contributed by atoms with Gasteiger partial charge in [0.1, 0.15) is 0 Å². The van der Waals surface area contributed by atoms with Crippen LogP contribution in [0.5, 0.6) is 0 Å². The molecule has 1 aromatic rings. The molecule has 1 aromatic carbocycles. The molecular weight excluding hydrogens is 266 g/mol. The highest BCUT2D eigenvalue weighted by Gasteiger charge is 2.31. The van der Waals surface area contributed by atoms with E-state index in [1.807, 2.05) is 18.2 Å². The molecule has 3 rings (SSSR count). The van der Waals surface area contributed by atoms with E-state index in [0.29, 0.717) is 0 Å². The second-order valence-electron chi connectivity index (χ2n) is 5.95. The van der Waals surface area contributed by atoms with Gasteiger partial charge in [-0.2, -0.15) is 0 Å². The molecular formula is C17H25NO3. The van der Waals surface area contributed by atoms with Gasteiger partial charge in [0, 0.05) is 19.7 Å². The lowest BCUT2D eigenvalue weighted by molar-refractivity contribution is -0.185. The topological polar surface area (TPSA) is 41.9 Å². The molecule has 1 N–H and O–H groups in total. The summed E-state index contributed by atoms with van der Waals surface area (Å²) in [4.78, 5) is 2.32. The molecule has 0 spiro atoms. The summed E-state index contributed by atoms with van der Waals surface area (Å²) in [6.07, 6.45) is 4.59. The standard InChI is InChI=1S/C17H25NO3/c19-13-16(14-6-2-1-3-7-14)18-10-9-15(12-18)21-17-8-4-5-11-20-17/h1-3,6-7,15-17,19H,4-5,8-13H2/t15?,16-,17-/m0/s1. The Balaban J connectivity index is 1.55. The number of hydrogen-bond acceptors (Lipinski definition) is 4. The van der Waals surface area contributed by atoms with Crippen LogP contribution in [0, 0.1) is 0 Å². The minimum atomic E-state index is -0.0204. The van der Waals surface area contributed by atoms with Gasteiger partial charge in [0.25, 0.3) is 0 Å². The number of likely N-dealkylation sites (tertiary alicyclic amines) is 1. The molecule has 116 valence electrons. The van der Waals surface area contributed by atoms with E-state index in [-0.39, 0.29) is 25.0 Å². The smallest absolute Gasteiger partial charge is 0.158 e. The average Bonchev–Trinajstić information content (AvgIpc) is 2.98. The second kappa shape index (κ2) is 7.36. The van der Waals surface area contributed by atoms with Gasteiger partial charge in [-0.1, -0.05) is 30.3 Å². The molecule has 2 heterocycles. The lowest BCUT2D eigenvalue weighted by atomic mass is 10.1. The number of benzene rings is 1. The van der Waals surface area contributed by atoms with Crippen molar-refractivity contribution in [1.29, 1.82) is 0 Å². The van der Waals surface area contributed by atoms with E-state index in [1.54, 1.807) is 0 Å². The number of ether oxygens (including phenoxy) is 2. The van der Waals surface area contributed by atoms with E-state index < -0.39 is 0 Å². The SMILES string of the molecule is OC[C@@H](c1ccccc1)N1CCC(O[C@H]2CCCCO2)C1. The highest BCUT2D eigenvalue weighted by molar-refractivity contribution is 5.19. The van der Waals surface area contributed by atoms with Crippen LogP contribution in [0.15, 0.2) is 30.3 Å². The molecule has 0 radical (unpaired) electrons. The zero-order valence-corrected chi connectivity index (χ0v) is 12.5. The van der Waals surface area contributed by atoms with Gasteiger partial charge in [-0.05, 0) is 31.2 Å². The highest BCUT2D eigenvalue weighted by Crippen LogP contribution is 2.27. The van der Waals surface area contributed by atoms with Gasteiger partial charge in [0.2, 0.25) is 0 Å². The summed E-state index contributed by atoms with van der Waals surface area (Å²) in [5.74, 6) is 0. The maximum absolute atomic E-state index is 9.74. The van der Waals surface area contributed by atoms with Crippen LogP contribution in [0.1, 0.15) is 37.3 Å². The lowest BCUT2D eigenvalue weighted by Crippen LogP contribution is -2.33. The molecule has 2 aliphatic heterocycles. The molecule has 0 aliphatic carbocycles. The van der Waals surface area contributed by atoms with Gasteiger partial charge in [-0.25, -0.2) is 0 Å². The molecule has 21 heavy (non-hydrogen) atoms. The number of nitrogens with zero attached hydrogens (tertiary/aromatic N) is 1. The Labute approximate surface area is 126 Å². The number of rotatable bonds is 5. The number of hydrogen-bond donors (Lipinski definition) is 1.